The maximum atomic E-state index is 15.6. The summed E-state index contributed by atoms with van der Waals surface area (Å²) in [7, 11) is 0. The monoisotopic (exact) mass is 1180 g/mol. The Morgan fingerprint density at radius 2 is 1.85 bits per heavy atom. The lowest BCUT2D eigenvalue weighted by Gasteiger charge is -2.63. The number of rotatable bonds is 8. The first-order chi connectivity index (χ1) is 42.0. The van der Waals surface area contributed by atoms with Gasteiger partial charge in [0.15, 0.2) is 28.0 Å². The number of allylic oxidation sites excluding steroid dienone is 3. The van der Waals surface area contributed by atoms with Gasteiger partial charge in [-0.25, -0.2) is 9.78 Å². The van der Waals surface area contributed by atoms with Crippen molar-refractivity contribution in [3.63, 3.8) is 0 Å². The number of aliphatic hydroxyl groups excluding tert-OH is 4. The number of nitrogens with one attached hydrogen (secondary N) is 3. The predicted octanol–water partition coefficient (Wildman–Crippen LogP) is 7.24. The molecule has 17 heteroatoms. The zero-order valence-corrected chi connectivity index (χ0v) is 48.7. The van der Waals surface area contributed by atoms with Gasteiger partial charge in [-0.1, -0.05) is 48.6 Å². The Labute approximate surface area is 501 Å². The molecule has 6 aromatic rings. The maximum absolute atomic E-state index is 15.6. The minimum atomic E-state index is -2.64. The van der Waals surface area contributed by atoms with E-state index < -0.39 is 83.5 Å². The second kappa shape index (κ2) is 18.8. The summed E-state index contributed by atoms with van der Waals surface area (Å²) in [6, 6.07) is 12.7. The molecule has 3 saturated heterocycles. The number of aliphatic hydroxyl groups is 5. The van der Waals surface area contributed by atoms with Crippen LogP contribution in [0.3, 0.4) is 0 Å². The molecule has 17 nitrogen and oxygen atoms in total. The number of hydrogen-bond acceptors (Lipinski definition) is 14. The highest BCUT2D eigenvalue weighted by Crippen LogP contribution is 2.69. The Bertz CT molecular complexity index is 4270. The van der Waals surface area contributed by atoms with E-state index in [4.69, 9.17) is 18.9 Å². The highest BCUT2D eigenvalue weighted by atomic mass is 17.2. The zero-order chi connectivity index (χ0) is 59.4. The Hall–Kier alpha value is -6.98. The molecular formula is C70H72N4O13. The van der Waals surface area contributed by atoms with E-state index in [0.29, 0.717) is 102 Å². The minimum absolute atomic E-state index is 0.0545. The van der Waals surface area contributed by atoms with Gasteiger partial charge >= 0.3 is 0 Å². The molecule has 21 rings (SSSR count). The summed E-state index contributed by atoms with van der Waals surface area (Å²) in [5.41, 5.74) is 1.40. The van der Waals surface area contributed by atoms with Crippen LogP contribution >= 0.6 is 0 Å². The fraction of sp³-hybridized carbons (Fsp3) is 0.486. The number of phenols is 2. The predicted molar refractivity (Wildman–Crippen MR) is 321 cm³/mol. The Morgan fingerprint density at radius 1 is 0.977 bits per heavy atom. The van der Waals surface area contributed by atoms with E-state index in [-0.39, 0.29) is 65.3 Å². The van der Waals surface area contributed by atoms with Gasteiger partial charge in [0.1, 0.15) is 53.0 Å². The maximum Gasteiger partial charge on any atom is 0.226 e. The van der Waals surface area contributed by atoms with E-state index >= 15 is 4.79 Å². The van der Waals surface area contributed by atoms with E-state index in [0.717, 1.165) is 63.8 Å². The van der Waals surface area contributed by atoms with Gasteiger partial charge in [0.25, 0.3) is 0 Å². The molecule has 87 heavy (non-hydrogen) atoms. The smallest absolute Gasteiger partial charge is 0.226 e. The van der Waals surface area contributed by atoms with Crippen LogP contribution in [-0.4, -0.2) is 118 Å². The second-order valence-electron chi connectivity index (χ2n) is 27.6. The number of benzene rings is 3. The Balaban J connectivity index is 0.974. The van der Waals surface area contributed by atoms with Crippen LogP contribution in [-0.2, 0) is 33.8 Å². The lowest BCUT2D eigenvalue weighted by Crippen LogP contribution is -2.72. The molecule has 1 amide bonds. The van der Waals surface area contributed by atoms with Crippen LogP contribution in [0.5, 0.6) is 17.2 Å². The summed E-state index contributed by atoms with van der Waals surface area (Å²) < 4.78 is 17.4. The van der Waals surface area contributed by atoms with Gasteiger partial charge in [0.05, 0.1) is 22.9 Å². The van der Waals surface area contributed by atoms with Crippen molar-refractivity contribution in [2.75, 3.05) is 19.7 Å². The standard InChI is InChI=1S/C70H72N4O13/c1-3-51-45-27-49-35-13-17-66(18-14-35)33-67-19-15-40(66)8-4-6-36-24-47-59-56-38(7-5-21-71-59)28-68(69(83,64(81)61(80)54(79)32-75)29-37-9-12-52(77)42-11-10-41(76)26-44(37)42)20-16-43(56)58(57(36)48(67)30-72-65(67)82)70(47)55(86-87-68)25-39-23-46-53(78)22-34(2)84-63(46)60(62(39)85-70)74(51)31-50(45)73-49/h9-13,17,22-24,26-28,31,35,40,47-48,54-55,57-59,61,64,71,73,75-77,79-81,83H,3,5,7-8,14-16,18-21,25,29-30,32-33H2,1-2H3,(H,72,82)/t35-,40+,47-,48+,54-,55-,57-,58-,59+,61-,64+,66-,67+,68+,69-,70+/m1/s1. The van der Waals surface area contributed by atoms with Gasteiger partial charge in [0.2, 0.25) is 5.91 Å². The third kappa shape index (κ3) is 7.21. The van der Waals surface area contributed by atoms with Gasteiger partial charge in [0, 0.05) is 101 Å². The van der Waals surface area contributed by atoms with Crippen LogP contribution in [0.4, 0.5) is 0 Å². The second-order valence-corrected chi connectivity index (χ2v) is 27.6. The number of aromatic amines is 1. The number of carbonyl (C=O) groups excluding carboxylic acids is 1. The molecule has 1 saturated carbocycles. The third-order valence-corrected chi connectivity index (χ3v) is 23.6. The van der Waals surface area contributed by atoms with E-state index in [1.165, 1.54) is 24.3 Å². The van der Waals surface area contributed by atoms with Crippen LogP contribution < -0.4 is 20.8 Å². The number of nitrogens with zero attached hydrogens (tertiary/aromatic N) is 1. The summed E-state index contributed by atoms with van der Waals surface area (Å²) in [6.07, 6.45) is 10.1. The van der Waals surface area contributed by atoms with E-state index in [1.807, 2.05) is 12.1 Å². The number of phenolic OH excluding ortho intramolecular Hbond substituents is 2. The molecule has 15 bridgehead atoms. The molecule has 0 unspecified atom stereocenters. The van der Waals surface area contributed by atoms with Crippen molar-refractivity contribution >= 4 is 38.6 Å². The summed E-state index contributed by atoms with van der Waals surface area (Å²) >= 11 is 0. The number of aromatic nitrogens is 2. The number of hydrogen-bond donors (Lipinski definition) is 10. The molecule has 450 valence electrons. The highest BCUT2D eigenvalue weighted by molar-refractivity contribution is 5.94. The zero-order valence-electron chi connectivity index (χ0n) is 48.7. The van der Waals surface area contributed by atoms with Gasteiger partial charge in [-0.2, -0.15) is 0 Å². The van der Waals surface area contributed by atoms with Crippen molar-refractivity contribution in [2.24, 2.45) is 40.4 Å². The topological polar surface area (TPSA) is 261 Å². The molecule has 3 spiro atoms. The summed E-state index contributed by atoms with van der Waals surface area (Å²) in [6.45, 7) is 3.97. The molecule has 15 aliphatic rings. The summed E-state index contributed by atoms with van der Waals surface area (Å²) in [5.74, 6) is 7.07. The van der Waals surface area contributed by atoms with Crippen LogP contribution in [0.25, 0.3) is 38.3 Å². The minimum Gasteiger partial charge on any atom is -0.508 e. The molecule has 0 radical (unpaired) electrons. The Morgan fingerprint density at radius 3 is 2.68 bits per heavy atom. The number of amides is 1. The molecular weight excluding hydrogens is 1100 g/mol. The molecule has 4 fully saturated rings. The molecule has 7 aliphatic carbocycles. The van der Waals surface area contributed by atoms with Crippen molar-refractivity contribution in [3.8, 4) is 34.8 Å². The molecule has 3 aromatic heterocycles. The van der Waals surface area contributed by atoms with Crippen molar-refractivity contribution in [1.82, 2.24) is 20.2 Å². The summed E-state index contributed by atoms with van der Waals surface area (Å²) in [5, 5.41) is 93.0. The first-order valence-corrected chi connectivity index (χ1v) is 31.6. The number of aryl methyl sites for hydroxylation is 2. The largest absolute Gasteiger partial charge is 0.508 e. The van der Waals surface area contributed by atoms with E-state index in [2.05, 4.69) is 69.4 Å². The first-order valence-electron chi connectivity index (χ1n) is 31.6. The van der Waals surface area contributed by atoms with Crippen LogP contribution in [0.1, 0.15) is 105 Å². The van der Waals surface area contributed by atoms with Crippen LogP contribution in [0.15, 0.2) is 111 Å². The first kappa shape index (κ1) is 54.2. The van der Waals surface area contributed by atoms with Crippen LogP contribution in [0, 0.1) is 59.2 Å². The molecule has 8 aliphatic heterocycles. The van der Waals surface area contributed by atoms with Crippen molar-refractivity contribution in [1.29, 1.82) is 0 Å². The SMILES string of the molecule is CCc1c2cc3[nH]c2cn1-c1c2c(cc4c(=O)cc(C)oc14)C[C@H]1OO[C@]4([C@@](O)(Cc5ccc(O)c6ccc(O)cc56)[C@@H](O)[C@H](O)[C@H](O)CO)C=C5CCCN[C@@H]6C5=C(CC4)[C@@H]4[C@@H]5C(=C[C@H]6[C@@]41O2)C#CC[C@H]1CC[C@@]2(C[C@]14C=C[C@@H]3CC4)C(=O)NC[C@@H]52. The van der Waals surface area contributed by atoms with Gasteiger partial charge in [-0.3, -0.25) is 9.59 Å². The molecule has 3 aromatic carbocycles. The fourth-order valence-corrected chi connectivity index (χ4v) is 19.6. The van der Waals surface area contributed by atoms with Crippen molar-refractivity contribution in [2.45, 2.75) is 150 Å². The lowest BCUT2D eigenvalue weighted by molar-refractivity contribution is -0.429. The number of carbonyl (C=O) groups is 1. The van der Waals surface area contributed by atoms with Gasteiger partial charge < -0.3 is 65.1 Å². The molecule has 16 atom stereocenters. The van der Waals surface area contributed by atoms with Crippen molar-refractivity contribution in [3.05, 3.63) is 140 Å². The number of fused-ring (bicyclic) bond motifs is 7. The average Bonchev–Trinajstić information content (AvgIpc) is 1.57. The average molecular weight is 1180 g/mol. The van der Waals surface area contributed by atoms with E-state index in [9.17, 15) is 40.5 Å². The van der Waals surface area contributed by atoms with Gasteiger partial charge in [-0.05, 0) is 159 Å². The highest BCUT2D eigenvalue weighted by Gasteiger charge is 2.73. The quantitative estimate of drug-likeness (QED) is 0.0410. The Kier molecular flexibility index (Phi) is 11.7. The van der Waals surface area contributed by atoms with Crippen molar-refractivity contribution < 1.29 is 59.5 Å². The number of aromatic hydroxyl groups is 2. The van der Waals surface area contributed by atoms with Crippen LogP contribution in [0.2, 0.25) is 0 Å². The number of H-pyrrole nitrogens is 1. The lowest BCUT2D eigenvalue weighted by atomic mass is 9.44. The normalized spacial score (nSPS) is 34.8. The van der Waals surface area contributed by atoms with Gasteiger partial charge in [-0.15, -0.1) is 0 Å². The number of ether oxygens (including phenoxy) is 1. The van der Waals surface area contributed by atoms with E-state index in [1.54, 1.807) is 19.1 Å². The summed E-state index contributed by atoms with van der Waals surface area (Å²) in [4.78, 5) is 48.8. The molecule has 10 N–H and O–H groups in total. The third-order valence-electron chi connectivity index (χ3n) is 23.6. The fourth-order valence-electron chi connectivity index (χ4n) is 19.6. The molecule has 11 heterocycles.